The normalized spacial score (nSPS) is 12.4. The summed E-state index contributed by atoms with van der Waals surface area (Å²) in [5.74, 6) is -7.62. The van der Waals surface area contributed by atoms with Gasteiger partial charge in [-0.15, -0.1) is 0 Å². The Morgan fingerprint density at radius 3 is 1.94 bits per heavy atom. The lowest BCUT2D eigenvalue weighted by Crippen LogP contribution is -2.33. The number of hydrogen-bond donors (Lipinski definition) is 1. The first-order valence-corrected chi connectivity index (χ1v) is 5.44. The van der Waals surface area contributed by atoms with E-state index in [9.17, 15) is 22.4 Å². The highest BCUT2D eigenvalue weighted by Gasteiger charge is 2.27. The molecule has 0 bridgehead atoms. The monoisotopic (exact) mass is 263 g/mol. The van der Waals surface area contributed by atoms with Gasteiger partial charge in [-0.05, 0) is 20.3 Å². The van der Waals surface area contributed by atoms with Gasteiger partial charge in [0.1, 0.15) is 5.56 Å². The molecule has 1 amide bonds. The predicted molar refractivity (Wildman–Crippen MR) is 58.2 cm³/mol. The van der Waals surface area contributed by atoms with Crippen LogP contribution in [0.15, 0.2) is 0 Å². The number of carbonyl (C=O) groups excluding carboxylic acids is 1. The highest BCUT2D eigenvalue weighted by Crippen LogP contribution is 2.23. The van der Waals surface area contributed by atoms with Crippen LogP contribution in [0.1, 0.15) is 36.2 Å². The maximum absolute atomic E-state index is 13.5. The van der Waals surface area contributed by atoms with Crippen LogP contribution in [0.4, 0.5) is 17.6 Å². The van der Waals surface area contributed by atoms with Crippen LogP contribution in [0.2, 0.25) is 0 Å². The summed E-state index contributed by atoms with van der Waals surface area (Å²) < 4.78 is 53.4. The summed E-state index contributed by atoms with van der Waals surface area (Å²) in [5, 5.41) is 2.25. The minimum Gasteiger partial charge on any atom is -0.349 e. The second-order valence-corrected chi connectivity index (χ2v) is 4.04. The molecule has 1 N–H and O–H groups in total. The Hall–Kier alpha value is -1.59. The Morgan fingerprint density at radius 1 is 1.11 bits per heavy atom. The number of halogens is 4. The average molecular weight is 263 g/mol. The molecule has 1 atom stereocenters. The number of benzene rings is 1. The number of rotatable bonds is 3. The van der Waals surface area contributed by atoms with E-state index >= 15 is 0 Å². The van der Waals surface area contributed by atoms with E-state index in [0.29, 0.717) is 6.42 Å². The first kappa shape index (κ1) is 14.5. The van der Waals surface area contributed by atoms with Crippen molar-refractivity contribution in [2.75, 3.05) is 0 Å². The Bertz CT molecular complexity index is 458. The molecule has 0 aliphatic rings. The van der Waals surface area contributed by atoms with Crippen molar-refractivity contribution < 1.29 is 22.4 Å². The molecule has 18 heavy (non-hydrogen) atoms. The quantitative estimate of drug-likeness (QED) is 0.659. The van der Waals surface area contributed by atoms with Gasteiger partial charge in [-0.1, -0.05) is 6.92 Å². The van der Waals surface area contributed by atoms with E-state index < -0.39 is 40.3 Å². The van der Waals surface area contributed by atoms with Gasteiger partial charge in [0.2, 0.25) is 0 Å². The first-order chi connectivity index (χ1) is 8.31. The predicted octanol–water partition coefficient (Wildman–Crippen LogP) is 3.08. The molecule has 0 aliphatic heterocycles. The van der Waals surface area contributed by atoms with Crippen molar-refractivity contribution in [3.63, 3.8) is 0 Å². The highest BCUT2D eigenvalue weighted by molar-refractivity contribution is 5.95. The molecule has 0 spiro atoms. The number of amides is 1. The van der Waals surface area contributed by atoms with E-state index in [2.05, 4.69) is 5.32 Å². The molecule has 2 nitrogen and oxygen atoms in total. The molecule has 0 heterocycles. The van der Waals surface area contributed by atoms with Gasteiger partial charge < -0.3 is 5.32 Å². The second-order valence-electron chi connectivity index (χ2n) is 4.04. The molecule has 6 heteroatoms. The van der Waals surface area contributed by atoms with E-state index in [0.717, 1.165) is 6.92 Å². The zero-order chi connectivity index (χ0) is 14.0. The van der Waals surface area contributed by atoms with Crippen molar-refractivity contribution in [1.82, 2.24) is 5.32 Å². The van der Waals surface area contributed by atoms with E-state index in [4.69, 9.17) is 0 Å². The molecule has 0 aromatic heterocycles. The lowest BCUT2D eigenvalue weighted by molar-refractivity contribution is 0.0928. The SMILES string of the molecule is CC[C@H](C)NC(=O)c1c(F)c(F)c(C)c(F)c1F. The van der Waals surface area contributed by atoms with E-state index in [1.165, 1.54) is 0 Å². The molecular weight excluding hydrogens is 250 g/mol. The molecule has 0 saturated heterocycles. The van der Waals surface area contributed by atoms with E-state index in [1.54, 1.807) is 13.8 Å². The van der Waals surface area contributed by atoms with Gasteiger partial charge in [0.15, 0.2) is 23.3 Å². The summed E-state index contributed by atoms with van der Waals surface area (Å²) in [7, 11) is 0. The minimum atomic E-state index is -1.67. The molecule has 0 unspecified atom stereocenters. The Morgan fingerprint density at radius 2 is 1.56 bits per heavy atom. The van der Waals surface area contributed by atoms with Crippen molar-refractivity contribution in [1.29, 1.82) is 0 Å². The summed E-state index contributed by atoms with van der Waals surface area (Å²) in [6, 6.07) is -0.358. The molecule has 1 aromatic carbocycles. The van der Waals surface area contributed by atoms with Crippen molar-refractivity contribution in [3.8, 4) is 0 Å². The third kappa shape index (κ3) is 2.47. The molecule has 0 aliphatic carbocycles. The maximum atomic E-state index is 13.5. The summed E-state index contributed by atoms with van der Waals surface area (Å²) in [6.07, 6.45) is 0.520. The average Bonchev–Trinajstić information content (AvgIpc) is 2.34. The van der Waals surface area contributed by atoms with Gasteiger partial charge in [0.25, 0.3) is 5.91 Å². The Labute approximate surface area is 102 Å². The topological polar surface area (TPSA) is 29.1 Å². The largest absolute Gasteiger partial charge is 0.349 e. The van der Waals surface area contributed by atoms with Crippen LogP contribution in [0, 0.1) is 30.2 Å². The van der Waals surface area contributed by atoms with Crippen LogP contribution in [-0.2, 0) is 0 Å². The fourth-order valence-electron chi connectivity index (χ4n) is 1.34. The van der Waals surface area contributed by atoms with Gasteiger partial charge in [-0.25, -0.2) is 17.6 Å². The molecule has 1 rings (SSSR count). The summed E-state index contributed by atoms with van der Waals surface area (Å²) in [4.78, 5) is 11.5. The zero-order valence-corrected chi connectivity index (χ0v) is 10.2. The number of nitrogens with one attached hydrogen (secondary N) is 1. The fourth-order valence-corrected chi connectivity index (χ4v) is 1.34. The number of carbonyl (C=O) groups is 1. The molecule has 0 radical (unpaired) electrons. The molecular formula is C12H13F4NO. The highest BCUT2D eigenvalue weighted by atomic mass is 19.2. The lowest BCUT2D eigenvalue weighted by Gasteiger charge is -2.13. The summed E-state index contributed by atoms with van der Waals surface area (Å²) in [5.41, 5.74) is -2.01. The van der Waals surface area contributed by atoms with Gasteiger partial charge >= 0.3 is 0 Å². The van der Waals surface area contributed by atoms with Gasteiger partial charge in [-0.2, -0.15) is 0 Å². The molecule has 1 aromatic rings. The Kier molecular flexibility index (Phi) is 4.32. The van der Waals surface area contributed by atoms with E-state index in [1.807, 2.05) is 0 Å². The van der Waals surface area contributed by atoms with Crippen LogP contribution in [-0.4, -0.2) is 11.9 Å². The molecule has 100 valence electrons. The second kappa shape index (κ2) is 5.37. The third-order valence-corrected chi connectivity index (χ3v) is 2.70. The minimum absolute atomic E-state index is 0.358. The molecule has 0 fully saturated rings. The lowest BCUT2D eigenvalue weighted by atomic mass is 10.1. The Balaban J connectivity index is 3.29. The summed E-state index contributed by atoms with van der Waals surface area (Å²) >= 11 is 0. The smallest absolute Gasteiger partial charge is 0.257 e. The van der Waals surface area contributed by atoms with Crippen LogP contribution in [0.5, 0.6) is 0 Å². The van der Waals surface area contributed by atoms with Crippen molar-refractivity contribution in [2.24, 2.45) is 0 Å². The van der Waals surface area contributed by atoms with Gasteiger partial charge in [-0.3, -0.25) is 4.79 Å². The van der Waals surface area contributed by atoms with Gasteiger partial charge in [0.05, 0.1) is 0 Å². The van der Waals surface area contributed by atoms with E-state index in [-0.39, 0.29) is 6.04 Å². The van der Waals surface area contributed by atoms with Crippen LogP contribution in [0.25, 0.3) is 0 Å². The van der Waals surface area contributed by atoms with Crippen molar-refractivity contribution >= 4 is 5.91 Å². The number of hydrogen-bond acceptors (Lipinski definition) is 1. The van der Waals surface area contributed by atoms with Crippen LogP contribution in [0.3, 0.4) is 0 Å². The third-order valence-electron chi connectivity index (χ3n) is 2.70. The van der Waals surface area contributed by atoms with Gasteiger partial charge in [0, 0.05) is 11.6 Å². The van der Waals surface area contributed by atoms with Crippen molar-refractivity contribution in [2.45, 2.75) is 33.2 Å². The first-order valence-electron chi connectivity index (χ1n) is 5.44. The fraction of sp³-hybridized carbons (Fsp3) is 0.417. The standard InChI is InChI=1S/C12H13F4NO/c1-4-5(2)17-12(18)7-10(15)8(13)6(3)9(14)11(7)16/h5H,4H2,1-3H3,(H,17,18)/t5-/m0/s1. The molecule has 0 saturated carbocycles. The zero-order valence-electron chi connectivity index (χ0n) is 10.2. The van der Waals surface area contributed by atoms with Crippen LogP contribution >= 0.6 is 0 Å². The van der Waals surface area contributed by atoms with Crippen molar-refractivity contribution in [3.05, 3.63) is 34.4 Å². The van der Waals surface area contributed by atoms with Crippen LogP contribution < -0.4 is 5.32 Å². The maximum Gasteiger partial charge on any atom is 0.257 e. The summed E-state index contributed by atoms with van der Waals surface area (Å²) in [6.45, 7) is 4.25.